The molecule has 0 aromatic carbocycles. The second-order valence-corrected chi connectivity index (χ2v) is 11.4. The maximum atomic E-state index is 12.3. The number of nitrogens with zero attached hydrogens (tertiary/aromatic N) is 1. The molecule has 0 aliphatic rings. The molecule has 0 aliphatic carbocycles. The monoisotopic (exact) mass is 415 g/mol. The Kier molecular flexibility index (Phi) is 9.60. The number of rotatable bonds is 12. The summed E-state index contributed by atoms with van der Waals surface area (Å²) in [4.78, 5) is 3.89. The van der Waals surface area contributed by atoms with Crippen LogP contribution < -0.4 is 11.5 Å². The van der Waals surface area contributed by atoms with Crippen LogP contribution >= 0.6 is 23.5 Å². The molecule has 0 unspecified atom stereocenters. The molecule has 1 heterocycles. The summed E-state index contributed by atoms with van der Waals surface area (Å²) in [6.07, 6.45) is 0. The lowest BCUT2D eigenvalue weighted by atomic mass is 10.5. The van der Waals surface area contributed by atoms with Gasteiger partial charge in [-0.1, -0.05) is 6.07 Å². The fraction of sp³-hybridized carbons (Fsp3) is 0.615. The highest BCUT2D eigenvalue weighted by molar-refractivity contribution is 8.01. The van der Waals surface area contributed by atoms with Crippen LogP contribution in [0.25, 0.3) is 0 Å². The highest BCUT2D eigenvalue weighted by atomic mass is 32.2. The quantitative estimate of drug-likeness (QED) is 0.400. The molecule has 1 aromatic heterocycles. The van der Waals surface area contributed by atoms with Gasteiger partial charge in [0.25, 0.3) is 0 Å². The van der Waals surface area contributed by atoms with Crippen LogP contribution in [0.2, 0.25) is 0 Å². The van der Waals surface area contributed by atoms with Crippen molar-refractivity contribution >= 4 is 43.2 Å². The minimum atomic E-state index is -3.58. The van der Waals surface area contributed by atoms with Crippen molar-refractivity contribution in [3.05, 3.63) is 18.2 Å². The van der Waals surface area contributed by atoms with Crippen LogP contribution in [0.4, 0.5) is 0 Å². The van der Waals surface area contributed by atoms with E-state index in [1.54, 1.807) is 0 Å². The predicted octanol–water partition coefficient (Wildman–Crippen LogP) is -1.42. The average molecular weight is 416 g/mol. The van der Waals surface area contributed by atoms with Crippen LogP contribution in [-0.2, 0) is 19.7 Å². The van der Waals surface area contributed by atoms with Gasteiger partial charge in [-0.15, -0.1) is 0 Å². The minimum absolute atomic E-state index is 0.0620. The standard InChI is InChI=1S/C13H23N3O4S4/c14-4-6-21-8-10-23(17,18)12-2-1-3-13(16-12)24(19,20)11-9-22-7-5-15/h1-3H,4-11,14-15H2/p+2. The highest BCUT2D eigenvalue weighted by Gasteiger charge is 2.21. The average Bonchev–Trinajstić information content (AvgIpc) is 2.56. The topological polar surface area (TPSA) is 136 Å². The highest BCUT2D eigenvalue weighted by Crippen LogP contribution is 2.16. The van der Waals surface area contributed by atoms with Gasteiger partial charge in [-0.25, -0.2) is 21.8 Å². The predicted molar refractivity (Wildman–Crippen MR) is 98.5 cm³/mol. The zero-order valence-electron chi connectivity index (χ0n) is 13.5. The lowest BCUT2D eigenvalue weighted by Gasteiger charge is -2.07. The van der Waals surface area contributed by atoms with E-state index in [9.17, 15) is 16.8 Å². The molecule has 1 rings (SSSR count). The Balaban J connectivity index is 2.81. The summed E-state index contributed by atoms with van der Waals surface area (Å²) in [5.74, 6) is 2.35. The summed E-state index contributed by atoms with van der Waals surface area (Å²) in [7, 11) is -7.17. The van der Waals surface area contributed by atoms with Crippen molar-refractivity contribution in [2.75, 3.05) is 47.6 Å². The first-order chi connectivity index (χ1) is 11.3. The van der Waals surface area contributed by atoms with Crippen molar-refractivity contribution in [3.63, 3.8) is 0 Å². The molecular weight excluding hydrogens is 390 g/mol. The van der Waals surface area contributed by atoms with Crippen LogP contribution in [0.15, 0.2) is 28.3 Å². The number of aromatic nitrogens is 1. The van der Waals surface area contributed by atoms with Gasteiger partial charge in [0.05, 0.1) is 24.6 Å². The first kappa shape index (κ1) is 21.7. The van der Waals surface area contributed by atoms with Crippen LogP contribution in [-0.4, -0.2) is 69.4 Å². The van der Waals surface area contributed by atoms with Crippen molar-refractivity contribution < 1.29 is 28.3 Å². The van der Waals surface area contributed by atoms with Gasteiger partial charge >= 0.3 is 0 Å². The molecule has 6 N–H and O–H groups in total. The first-order valence-corrected chi connectivity index (χ1v) is 13.1. The summed E-state index contributed by atoms with van der Waals surface area (Å²) >= 11 is 3.01. The SMILES string of the molecule is [NH3+]CCSCCS(=O)(=O)c1cccc(S(=O)(=O)CCSCC[NH3+])n1. The molecule has 0 fully saturated rings. The summed E-state index contributed by atoms with van der Waals surface area (Å²) in [6.45, 7) is 1.48. The molecule has 0 spiro atoms. The number of sulfone groups is 2. The summed E-state index contributed by atoms with van der Waals surface area (Å²) in [5, 5.41) is -0.353. The Bertz CT molecular complexity index is 650. The maximum absolute atomic E-state index is 12.3. The van der Waals surface area contributed by atoms with E-state index in [1.807, 2.05) is 0 Å². The van der Waals surface area contributed by atoms with E-state index in [0.29, 0.717) is 11.5 Å². The van der Waals surface area contributed by atoms with Gasteiger partial charge in [-0.3, -0.25) is 0 Å². The fourth-order valence-electron chi connectivity index (χ4n) is 1.70. The Labute approximate surface area is 152 Å². The third-order valence-electron chi connectivity index (χ3n) is 2.91. The molecule has 0 aliphatic heterocycles. The third kappa shape index (κ3) is 7.28. The van der Waals surface area contributed by atoms with E-state index in [-0.39, 0.29) is 21.6 Å². The van der Waals surface area contributed by atoms with Gasteiger partial charge in [0.2, 0.25) is 0 Å². The van der Waals surface area contributed by atoms with E-state index in [2.05, 4.69) is 16.5 Å². The molecule has 1 aromatic rings. The zero-order chi connectivity index (χ0) is 18.1. The fourth-order valence-corrected chi connectivity index (χ4v) is 6.73. The normalized spacial score (nSPS) is 12.4. The Morgan fingerprint density at radius 1 is 0.792 bits per heavy atom. The molecule has 0 saturated carbocycles. The lowest BCUT2D eigenvalue weighted by Crippen LogP contribution is -2.51. The summed E-state index contributed by atoms with van der Waals surface area (Å²) in [6, 6.07) is 4.12. The molecule has 0 atom stereocenters. The van der Waals surface area contributed by atoms with Gasteiger partial charge in [0.15, 0.2) is 29.7 Å². The van der Waals surface area contributed by atoms with Crippen molar-refractivity contribution in [2.45, 2.75) is 10.1 Å². The van der Waals surface area contributed by atoms with Crippen LogP contribution in [0.5, 0.6) is 0 Å². The van der Waals surface area contributed by atoms with Gasteiger partial charge in [-0.05, 0) is 12.1 Å². The summed E-state index contributed by atoms with van der Waals surface area (Å²) in [5.41, 5.74) is 7.40. The van der Waals surface area contributed by atoms with Gasteiger partial charge in [0.1, 0.15) is 0 Å². The van der Waals surface area contributed by atoms with Gasteiger partial charge in [-0.2, -0.15) is 23.5 Å². The molecule has 24 heavy (non-hydrogen) atoms. The van der Waals surface area contributed by atoms with Crippen LogP contribution in [0.1, 0.15) is 0 Å². The zero-order valence-corrected chi connectivity index (χ0v) is 16.8. The number of quaternary nitrogens is 2. The Morgan fingerprint density at radius 3 is 1.58 bits per heavy atom. The molecule has 0 radical (unpaired) electrons. The first-order valence-electron chi connectivity index (χ1n) is 7.50. The molecular formula is C13H25N3O4S4+2. The molecule has 138 valence electrons. The van der Waals surface area contributed by atoms with Crippen molar-refractivity contribution in [1.82, 2.24) is 4.98 Å². The maximum Gasteiger partial charge on any atom is 0.196 e. The molecule has 0 amide bonds. The van der Waals surface area contributed by atoms with E-state index in [1.165, 1.54) is 41.7 Å². The number of thioether (sulfide) groups is 2. The molecule has 11 heteroatoms. The van der Waals surface area contributed by atoms with Gasteiger partial charge in [0, 0.05) is 23.0 Å². The largest absolute Gasteiger partial charge is 0.357 e. The molecule has 0 bridgehead atoms. The van der Waals surface area contributed by atoms with Gasteiger partial charge < -0.3 is 11.5 Å². The van der Waals surface area contributed by atoms with Crippen molar-refractivity contribution in [1.29, 1.82) is 0 Å². The van der Waals surface area contributed by atoms with E-state index in [0.717, 1.165) is 24.6 Å². The Hall–Kier alpha value is -0.330. The second-order valence-electron chi connectivity index (χ2n) is 4.88. The smallest absolute Gasteiger partial charge is 0.196 e. The Morgan fingerprint density at radius 2 is 1.21 bits per heavy atom. The number of hydrogen-bond acceptors (Lipinski definition) is 7. The second kappa shape index (κ2) is 10.6. The van der Waals surface area contributed by atoms with Crippen molar-refractivity contribution in [2.24, 2.45) is 0 Å². The molecule has 7 nitrogen and oxygen atoms in total. The third-order valence-corrected chi connectivity index (χ3v) is 8.78. The lowest BCUT2D eigenvalue weighted by molar-refractivity contribution is -0.360. The van der Waals surface area contributed by atoms with E-state index < -0.39 is 19.7 Å². The van der Waals surface area contributed by atoms with Crippen LogP contribution in [0, 0.1) is 0 Å². The van der Waals surface area contributed by atoms with Crippen LogP contribution in [0.3, 0.4) is 0 Å². The summed E-state index contributed by atoms with van der Waals surface area (Å²) < 4.78 is 49.1. The molecule has 0 saturated heterocycles. The number of pyridine rings is 1. The van der Waals surface area contributed by atoms with E-state index >= 15 is 0 Å². The van der Waals surface area contributed by atoms with E-state index in [4.69, 9.17) is 0 Å². The van der Waals surface area contributed by atoms with Crippen molar-refractivity contribution in [3.8, 4) is 0 Å². The minimum Gasteiger partial charge on any atom is -0.357 e. The number of hydrogen-bond donors (Lipinski definition) is 2.